The summed E-state index contributed by atoms with van der Waals surface area (Å²) in [6, 6.07) is -0.226. The highest BCUT2D eigenvalue weighted by atomic mass is 32.2. The first kappa shape index (κ1) is 14.4. The molecule has 1 aliphatic rings. The van der Waals surface area contributed by atoms with Crippen molar-refractivity contribution < 1.29 is 13.2 Å². The molecule has 1 amide bonds. The van der Waals surface area contributed by atoms with E-state index in [9.17, 15) is 13.2 Å². The summed E-state index contributed by atoms with van der Waals surface area (Å²) in [5.74, 6) is 0.689. The van der Waals surface area contributed by atoms with Crippen LogP contribution in [-0.2, 0) is 14.6 Å². The number of carbonyl (C=O) groups is 1. The second-order valence-corrected chi connectivity index (χ2v) is 7.37. The lowest BCUT2D eigenvalue weighted by molar-refractivity contribution is -0.130. The van der Waals surface area contributed by atoms with Crippen molar-refractivity contribution in [1.29, 1.82) is 0 Å². The molecule has 5 nitrogen and oxygen atoms in total. The number of hydrogen-bond donors (Lipinski definition) is 1. The van der Waals surface area contributed by atoms with Gasteiger partial charge in [0.2, 0.25) is 5.91 Å². The zero-order valence-corrected chi connectivity index (χ0v) is 11.6. The first-order valence-electron chi connectivity index (χ1n) is 5.98. The van der Waals surface area contributed by atoms with Crippen LogP contribution in [0.1, 0.15) is 20.3 Å². The lowest BCUT2D eigenvalue weighted by atomic mass is 10.1. The number of hydrogen-bond acceptors (Lipinski definition) is 4. The Morgan fingerprint density at radius 2 is 2.12 bits per heavy atom. The smallest absolute Gasteiger partial charge is 0.223 e. The van der Waals surface area contributed by atoms with Crippen LogP contribution in [0.3, 0.4) is 0 Å². The molecular weight excluding hydrogens is 240 g/mol. The van der Waals surface area contributed by atoms with Crippen molar-refractivity contribution in [3.63, 3.8) is 0 Å². The summed E-state index contributed by atoms with van der Waals surface area (Å²) in [5, 5.41) is 3.09. The van der Waals surface area contributed by atoms with Gasteiger partial charge in [-0.3, -0.25) is 4.79 Å². The molecule has 0 aromatic heterocycles. The van der Waals surface area contributed by atoms with Gasteiger partial charge in [0.25, 0.3) is 0 Å². The summed E-state index contributed by atoms with van der Waals surface area (Å²) in [6.07, 6.45) is 0.266. The van der Waals surface area contributed by atoms with Gasteiger partial charge in [0.05, 0.1) is 11.5 Å². The highest BCUT2D eigenvalue weighted by molar-refractivity contribution is 7.91. The highest BCUT2D eigenvalue weighted by Crippen LogP contribution is 2.07. The van der Waals surface area contributed by atoms with Crippen LogP contribution < -0.4 is 5.32 Å². The van der Waals surface area contributed by atoms with Crippen LogP contribution in [0.4, 0.5) is 0 Å². The molecule has 100 valence electrons. The molecule has 0 aromatic rings. The minimum absolute atomic E-state index is 0.00769. The van der Waals surface area contributed by atoms with E-state index < -0.39 is 9.84 Å². The Balaban J connectivity index is 2.46. The van der Waals surface area contributed by atoms with E-state index in [2.05, 4.69) is 5.32 Å². The van der Waals surface area contributed by atoms with E-state index in [1.165, 1.54) is 0 Å². The number of nitrogens with one attached hydrogen (secondary N) is 1. The Hall–Kier alpha value is -0.620. The van der Waals surface area contributed by atoms with Crippen LogP contribution in [0.25, 0.3) is 0 Å². The molecule has 17 heavy (non-hydrogen) atoms. The van der Waals surface area contributed by atoms with Crippen LogP contribution in [0.2, 0.25) is 0 Å². The highest BCUT2D eigenvalue weighted by Gasteiger charge is 2.26. The van der Waals surface area contributed by atoms with Crippen LogP contribution >= 0.6 is 0 Å². The van der Waals surface area contributed by atoms with E-state index in [1.54, 1.807) is 11.9 Å². The molecule has 1 unspecified atom stereocenters. The van der Waals surface area contributed by atoms with Gasteiger partial charge in [-0.15, -0.1) is 0 Å². The first-order valence-corrected chi connectivity index (χ1v) is 7.80. The van der Waals surface area contributed by atoms with Crippen molar-refractivity contribution in [2.45, 2.75) is 26.3 Å². The molecule has 0 aromatic carbocycles. The molecular formula is C11H22N2O3S. The van der Waals surface area contributed by atoms with Crippen molar-refractivity contribution in [2.75, 3.05) is 31.6 Å². The van der Waals surface area contributed by atoms with Crippen LogP contribution in [0.5, 0.6) is 0 Å². The zero-order chi connectivity index (χ0) is 13.1. The maximum atomic E-state index is 11.8. The Bertz CT molecular complexity index is 365. The minimum atomic E-state index is -2.96. The van der Waals surface area contributed by atoms with Gasteiger partial charge < -0.3 is 10.2 Å². The van der Waals surface area contributed by atoms with E-state index in [0.717, 1.165) is 0 Å². The van der Waals surface area contributed by atoms with Crippen molar-refractivity contribution >= 4 is 15.7 Å². The van der Waals surface area contributed by atoms with E-state index in [-0.39, 0.29) is 29.9 Å². The number of carbonyl (C=O) groups excluding carboxylic acids is 1. The third kappa shape index (κ3) is 5.04. The second kappa shape index (κ2) is 5.82. The van der Waals surface area contributed by atoms with Crippen molar-refractivity contribution in [2.24, 2.45) is 5.92 Å². The van der Waals surface area contributed by atoms with Gasteiger partial charge in [-0.1, -0.05) is 13.8 Å². The van der Waals surface area contributed by atoms with Gasteiger partial charge in [0.1, 0.15) is 0 Å². The lowest BCUT2D eigenvalue weighted by Crippen LogP contribution is -2.47. The molecule has 0 bridgehead atoms. The molecule has 0 radical (unpaired) electrons. The predicted molar refractivity (Wildman–Crippen MR) is 67.5 cm³/mol. The maximum absolute atomic E-state index is 11.8. The monoisotopic (exact) mass is 262 g/mol. The van der Waals surface area contributed by atoms with Gasteiger partial charge in [-0.25, -0.2) is 8.42 Å². The van der Waals surface area contributed by atoms with Crippen LogP contribution in [-0.4, -0.2) is 56.9 Å². The topological polar surface area (TPSA) is 66.5 Å². The average Bonchev–Trinajstić information content (AvgIpc) is 2.14. The lowest BCUT2D eigenvalue weighted by Gasteiger charge is -2.26. The summed E-state index contributed by atoms with van der Waals surface area (Å²) in [5.41, 5.74) is 0. The second-order valence-electron chi connectivity index (χ2n) is 5.14. The number of rotatable bonds is 4. The summed E-state index contributed by atoms with van der Waals surface area (Å²) < 4.78 is 22.9. The Labute approximate surface area is 103 Å². The number of nitrogens with zero attached hydrogens (tertiary/aromatic N) is 1. The average molecular weight is 262 g/mol. The van der Waals surface area contributed by atoms with Crippen molar-refractivity contribution in [1.82, 2.24) is 10.2 Å². The molecule has 0 spiro atoms. The molecule has 6 heteroatoms. The van der Waals surface area contributed by atoms with Crippen molar-refractivity contribution in [3.05, 3.63) is 0 Å². The predicted octanol–water partition coefficient (Wildman–Crippen LogP) is -0.122. The summed E-state index contributed by atoms with van der Waals surface area (Å²) >= 11 is 0. The normalized spacial score (nSPS) is 23.6. The minimum Gasteiger partial charge on any atom is -0.345 e. The van der Waals surface area contributed by atoms with Crippen LogP contribution in [0.15, 0.2) is 0 Å². The third-order valence-corrected chi connectivity index (χ3v) is 4.52. The standard InChI is InChI=1S/C11H22N2O3S/c1-9(2)7-13(3)11(14)6-10-8-17(15,16)5-4-12-10/h9-10,12H,4-8H2,1-3H3. The summed E-state index contributed by atoms with van der Waals surface area (Å²) in [4.78, 5) is 13.5. The molecule has 0 aliphatic carbocycles. The molecule has 1 N–H and O–H groups in total. The number of sulfone groups is 1. The van der Waals surface area contributed by atoms with Gasteiger partial charge >= 0.3 is 0 Å². The molecule has 1 aliphatic heterocycles. The van der Waals surface area contributed by atoms with E-state index in [0.29, 0.717) is 19.0 Å². The Morgan fingerprint density at radius 3 is 2.65 bits per heavy atom. The SMILES string of the molecule is CC(C)CN(C)C(=O)CC1CS(=O)(=O)CCN1. The van der Waals surface area contributed by atoms with Gasteiger partial charge in [-0.2, -0.15) is 0 Å². The fourth-order valence-corrected chi connectivity index (χ4v) is 3.46. The summed E-state index contributed by atoms with van der Waals surface area (Å²) in [6.45, 7) is 5.26. The molecule has 0 saturated carbocycles. The van der Waals surface area contributed by atoms with Gasteiger partial charge in [-0.05, 0) is 5.92 Å². The van der Waals surface area contributed by atoms with Crippen molar-refractivity contribution in [3.8, 4) is 0 Å². The first-order chi connectivity index (χ1) is 7.80. The molecule has 1 heterocycles. The molecule has 1 saturated heterocycles. The van der Waals surface area contributed by atoms with E-state index in [4.69, 9.17) is 0 Å². The molecule has 1 atom stereocenters. The zero-order valence-electron chi connectivity index (χ0n) is 10.8. The maximum Gasteiger partial charge on any atom is 0.223 e. The molecule has 1 fully saturated rings. The fraction of sp³-hybridized carbons (Fsp3) is 0.909. The van der Waals surface area contributed by atoms with Crippen LogP contribution in [0, 0.1) is 5.92 Å². The largest absolute Gasteiger partial charge is 0.345 e. The molecule has 1 rings (SSSR count). The van der Waals surface area contributed by atoms with Gasteiger partial charge in [0.15, 0.2) is 9.84 Å². The Morgan fingerprint density at radius 1 is 1.47 bits per heavy atom. The number of amides is 1. The van der Waals surface area contributed by atoms with Gasteiger partial charge in [0, 0.05) is 32.6 Å². The summed E-state index contributed by atoms with van der Waals surface area (Å²) in [7, 11) is -1.20. The quantitative estimate of drug-likeness (QED) is 0.767. The Kier molecular flexibility index (Phi) is 4.94. The fourth-order valence-electron chi connectivity index (χ4n) is 2.01. The third-order valence-electron chi connectivity index (χ3n) is 2.79. The van der Waals surface area contributed by atoms with E-state index >= 15 is 0 Å². The van der Waals surface area contributed by atoms with E-state index in [1.807, 2.05) is 13.8 Å².